The van der Waals surface area contributed by atoms with Gasteiger partial charge in [0.15, 0.2) is 0 Å². The number of hydrogen-bond acceptors (Lipinski definition) is 2. The predicted molar refractivity (Wildman–Crippen MR) is 64.8 cm³/mol. The molecule has 0 aliphatic heterocycles. The molecule has 0 amide bonds. The summed E-state index contributed by atoms with van der Waals surface area (Å²) in [5.74, 6) is -1.56. The molecule has 0 saturated heterocycles. The maximum atomic E-state index is 11.4. The van der Waals surface area contributed by atoms with Crippen molar-refractivity contribution in [2.75, 3.05) is 0 Å². The van der Waals surface area contributed by atoms with Crippen LogP contribution in [0, 0.1) is 5.92 Å². The molecule has 1 fully saturated rings. The van der Waals surface area contributed by atoms with Crippen molar-refractivity contribution in [2.45, 2.75) is 37.7 Å². The second kappa shape index (κ2) is 5.32. The second-order valence-corrected chi connectivity index (χ2v) is 4.74. The summed E-state index contributed by atoms with van der Waals surface area (Å²) in [4.78, 5) is 11.4. The lowest BCUT2D eigenvalue weighted by Crippen LogP contribution is -2.33. The normalized spacial score (nSPS) is 26.4. The van der Waals surface area contributed by atoms with Gasteiger partial charge in [0.25, 0.3) is 0 Å². The maximum absolute atomic E-state index is 11.4. The molecule has 1 aliphatic rings. The number of rotatable bonds is 3. The molecule has 17 heavy (non-hydrogen) atoms. The van der Waals surface area contributed by atoms with Gasteiger partial charge in [0, 0.05) is 5.92 Å². The van der Waals surface area contributed by atoms with E-state index in [-0.39, 0.29) is 5.92 Å². The van der Waals surface area contributed by atoms with Crippen LogP contribution in [0.15, 0.2) is 30.3 Å². The molecule has 3 atom stereocenters. The Labute approximate surface area is 101 Å². The van der Waals surface area contributed by atoms with Crippen LogP contribution in [0.1, 0.15) is 37.2 Å². The van der Waals surface area contributed by atoms with E-state index in [4.69, 9.17) is 0 Å². The Bertz CT molecular complexity index is 374. The third-order valence-electron chi connectivity index (χ3n) is 3.63. The fourth-order valence-electron chi connectivity index (χ4n) is 2.76. The number of carboxylic acid groups (broad SMARTS) is 1. The first kappa shape index (κ1) is 12.1. The van der Waals surface area contributed by atoms with Gasteiger partial charge in [-0.25, -0.2) is 0 Å². The van der Waals surface area contributed by atoms with E-state index in [1.54, 1.807) is 0 Å². The first-order valence-electron chi connectivity index (χ1n) is 6.16. The van der Waals surface area contributed by atoms with Crippen LogP contribution < -0.4 is 0 Å². The van der Waals surface area contributed by atoms with Crippen LogP contribution in [-0.2, 0) is 4.79 Å². The summed E-state index contributed by atoms with van der Waals surface area (Å²) in [6.45, 7) is 0. The third kappa shape index (κ3) is 2.67. The summed E-state index contributed by atoms with van der Waals surface area (Å²) in [6, 6.07) is 9.24. The Morgan fingerprint density at radius 1 is 1.18 bits per heavy atom. The van der Waals surface area contributed by atoms with Crippen molar-refractivity contribution in [2.24, 2.45) is 5.92 Å². The lowest BCUT2D eigenvalue weighted by molar-refractivity contribution is -0.142. The van der Waals surface area contributed by atoms with Gasteiger partial charge >= 0.3 is 5.97 Å². The lowest BCUT2D eigenvalue weighted by Gasteiger charge is -2.32. The summed E-state index contributed by atoms with van der Waals surface area (Å²) in [5.41, 5.74) is 0.797. The maximum Gasteiger partial charge on any atom is 0.311 e. The third-order valence-corrected chi connectivity index (χ3v) is 3.63. The molecule has 0 unspecified atom stereocenters. The zero-order chi connectivity index (χ0) is 12.3. The molecule has 0 spiro atoms. The fraction of sp³-hybridized carbons (Fsp3) is 0.500. The number of carbonyl (C=O) groups is 1. The van der Waals surface area contributed by atoms with Gasteiger partial charge < -0.3 is 10.2 Å². The van der Waals surface area contributed by atoms with Gasteiger partial charge in [-0.1, -0.05) is 43.2 Å². The van der Waals surface area contributed by atoms with E-state index in [0.29, 0.717) is 0 Å². The number of aliphatic hydroxyl groups is 1. The van der Waals surface area contributed by atoms with Crippen LogP contribution in [0.25, 0.3) is 0 Å². The number of hydrogen-bond donors (Lipinski definition) is 2. The zero-order valence-corrected chi connectivity index (χ0v) is 9.75. The highest BCUT2D eigenvalue weighted by Crippen LogP contribution is 2.36. The highest BCUT2D eigenvalue weighted by atomic mass is 16.4. The molecule has 0 bridgehead atoms. The first-order chi connectivity index (χ1) is 8.20. The molecule has 1 saturated carbocycles. The monoisotopic (exact) mass is 234 g/mol. The molecule has 0 radical (unpaired) electrons. The van der Waals surface area contributed by atoms with Gasteiger partial charge in [-0.05, 0) is 18.4 Å². The Hall–Kier alpha value is -1.35. The van der Waals surface area contributed by atoms with Crippen molar-refractivity contribution in [3.05, 3.63) is 35.9 Å². The van der Waals surface area contributed by atoms with Crippen LogP contribution >= 0.6 is 0 Å². The van der Waals surface area contributed by atoms with Crippen LogP contribution in [0.4, 0.5) is 0 Å². The van der Waals surface area contributed by atoms with Crippen molar-refractivity contribution in [3.63, 3.8) is 0 Å². The molecule has 0 heterocycles. The molecule has 1 aromatic rings. The SMILES string of the molecule is O=C(O)[C@H](c1ccccc1)[C@H]1CCCC[C@H]1O. The standard InChI is InChI=1S/C14H18O3/c15-12-9-5-4-8-11(12)13(14(16)17)10-6-2-1-3-7-10/h1-3,6-7,11-13,15H,4-5,8-9H2,(H,16,17)/t11-,12+,13+/m0/s1. The summed E-state index contributed by atoms with van der Waals surface area (Å²) in [7, 11) is 0. The van der Waals surface area contributed by atoms with Gasteiger partial charge in [-0.15, -0.1) is 0 Å². The summed E-state index contributed by atoms with van der Waals surface area (Å²) >= 11 is 0. The molecule has 92 valence electrons. The Morgan fingerprint density at radius 2 is 1.82 bits per heavy atom. The second-order valence-electron chi connectivity index (χ2n) is 4.74. The lowest BCUT2D eigenvalue weighted by atomic mass is 9.75. The minimum absolute atomic E-state index is 0.149. The zero-order valence-electron chi connectivity index (χ0n) is 9.75. The molecule has 2 N–H and O–H groups in total. The summed E-state index contributed by atoms with van der Waals surface area (Å²) in [5, 5.41) is 19.4. The minimum Gasteiger partial charge on any atom is -0.481 e. The average Bonchev–Trinajstić information content (AvgIpc) is 2.33. The molecule has 1 aliphatic carbocycles. The average molecular weight is 234 g/mol. The van der Waals surface area contributed by atoms with Crippen molar-refractivity contribution in [1.29, 1.82) is 0 Å². The van der Waals surface area contributed by atoms with Gasteiger partial charge in [0.2, 0.25) is 0 Å². The largest absolute Gasteiger partial charge is 0.481 e. The van der Waals surface area contributed by atoms with Crippen LogP contribution in [0.3, 0.4) is 0 Å². The fourth-order valence-corrected chi connectivity index (χ4v) is 2.76. The van der Waals surface area contributed by atoms with E-state index in [1.165, 1.54) is 0 Å². The van der Waals surface area contributed by atoms with Crippen molar-refractivity contribution in [1.82, 2.24) is 0 Å². The number of benzene rings is 1. The Balaban J connectivity index is 2.26. The van der Waals surface area contributed by atoms with E-state index in [9.17, 15) is 15.0 Å². The van der Waals surface area contributed by atoms with E-state index < -0.39 is 18.0 Å². The van der Waals surface area contributed by atoms with Crippen LogP contribution in [0.2, 0.25) is 0 Å². The molecule has 3 heteroatoms. The van der Waals surface area contributed by atoms with E-state index in [2.05, 4.69) is 0 Å². The van der Waals surface area contributed by atoms with Crippen molar-refractivity contribution < 1.29 is 15.0 Å². The molecular formula is C14H18O3. The van der Waals surface area contributed by atoms with Crippen molar-refractivity contribution >= 4 is 5.97 Å². The first-order valence-corrected chi connectivity index (χ1v) is 6.16. The quantitative estimate of drug-likeness (QED) is 0.844. The smallest absolute Gasteiger partial charge is 0.311 e. The molecule has 3 nitrogen and oxygen atoms in total. The Kier molecular flexibility index (Phi) is 3.79. The predicted octanol–water partition coefficient (Wildman–Crippen LogP) is 2.41. The van der Waals surface area contributed by atoms with Gasteiger partial charge in [-0.2, -0.15) is 0 Å². The van der Waals surface area contributed by atoms with Gasteiger partial charge in [0.05, 0.1) is 12.0 Å². The van der Waals surface area contributed by atoms with Gasteiger partial charge in [0.1, 0.15) is 0 Å². The molecule has 1 aromatic carbocycles. The minimum atomic E-state index is -0.831. The topological polar surface area (TPSA) is 57.5 Å². The van der Waals surface area contributed by atoms with Crippen LogP contribution in [0.5, 0.6) is 0 Å². The van der Waals surface area contributed by atoms with E-state index in [1.807, 2.05) is 30.3 Å². The highest BCUT2D eigenvalue weighted by Gasteiger charge is 2.35. The van der Waals surface area contributed by atoms with Crippen molar-refractivity contribution in [3.8, 4) is 0 Å². The highest BCUT2D eigenvalue weighted by molar-refractivity contribution is 5.76. The molecular weight excluding hydrogens is 216 g/mol. The number of carboxylic acids is 1. The summed E-state index contributed by atoms with van der Waals surface area (Å²) in [6.07, 6.45) is 3.05. The summed E-state index contributed by atoms with van der Waals surface area (Å²) < 4.78 is 0. The van der Waals surface area contributed by atoms with Gasteiger partial charge in [-0.3, -0.25) is 4.79 Å². The van der Waals surface area contributed by atoms with E-state index in [0.717, 1.165) is 31.2 Å². The van der Waals surface area contributed by atoms with Crippen LogP contribution in [-0.4, -0.2) is 22.3 Å². The number of aliphatic hydroxyl groups excluding tert-OH is 1. The molecule has 2 rings (SSSR count). The number of aliphatic carboxylic acids is 1. The molecule has 0 aromatic heterocycles. The Morgan fingerprint density at radius 3 is 2.41 bits per heavy atom. The van der Waals surface area contributed by atoms with E-state index >= 15 is 0 Å².